The van der Waals surface area contributed by atoms with Crippen molar-refractivity contribution in [2.45, 2.75) is 39.8 Å². The molecule has 1 aromatic rings. The summed E-state index contributed by atoms with van der Waals surface area (Å²) in [6, 6.07) is 3.81. The summed E-state index contributed by atoms with van der Waals surface area (Å²) in [7, 11) is 0. The van der Waals surface area contributed by atoms with E-state index >= 15 is 0 Å². The zero-order valence-corrected chi connectivity index (χ0v) is 11.1. The highest BCUT2D eigenvalue weighted by Gasteiger charge is 2.30. The predicted octanol–water partition coefficient (Wildman–Crippen LogP) is 4.86. The molecular formula is C14H20F3N. The number of anilines is 1. The van der Waals surface area contributed by atoms with E-state index in [4.69, 9.17) is 0 Å². The fourth-order valence-electron chi connectivity index (χ4n) is 1.72. The first-order chi connectivity index (χ1) is 8.30. The molecule has 0 aromatic heterocycles. The van der Waals surface area contributed by atoms with E-state index in [0.717, 1.165) is 24.5 Å². The van der Waals surface area contributed by atoms with Crippen LogP contribution < -0.4 is 5.32 Å². The zero-order valence-electron chi connectivity index (χ0n) is 11.1. The Labute approximate surface area is 106 Å². The summed E-state index contributed by atoms with van der Waals surface area (Å²) in [5.41, 5.74) is 0.820. The van der Waals surface area contributed by atoms with Crippen LogP contribution in [0, 0.1) is 12.8 Å². The molecule has 4 heteroatoms. The molecule has 1 aromatic carbocycles. The lowest BCUT2D eigenvalue weighted by Gasteiger charge is -2.13. The van der Waals surface area contributed by atoms with Crippen molar-refractivity contribution in [3.63, 3.8) is 0 Å². The molecule has 1 rings (SSSR count). The van der Waals surface area contributed by atoms with Gasteiger partial charge in [0, 0.05) is 12.2 Å². The van der Waals surface area contributed by atoms with Gasteiger partial charge in [0.1, 0.15) is 0 Å². The summed E-state index contributed by atoms with van der Waals surface area (Å²) in [6.45, 7) is 6.79. The molecular weight excluding hydrogens is 239 g/mol. The third-order valence-electron chi connectivity index (χ3n) is 2.84. The van der Waals surface area contributed by atoms with Gasteiger partial charge in [0.15, 0.2) is 0 Å². The van der Waals surface area contributed by atoms with Crippen LogP contribution in [-0.4, -0.2) is 6.54 Å². The Morgan fingerprint density at radius 2 is 1.89 bits per heavy atom. The van der Waals surface area contributed by atoms with E-state index in [1.165, 1.54) is 12.1 Å². The van der Waals surface area contributed by atoms with Crippen LogP contribution in [0.3, 0.4) is 0 Å². The van der Waals surface area contributed by atoms with Crippen molar-refractivity contribution < 1.29 is 13.2 Å². The molecule has 18 heavy (non-hydrogen) atoms. The normalized spacial score (nSPS) is 11.9. The van der Waals surface area contributed by atoms with E-state index in [2.05, 4.69) is 19.2 Å². The first kappa shape index (κ1) is 14.9. The van der Waals surface area contributed by atoms with Crippen molar-refractivity contribution in [2.75, 3.05) is 11.9 Å². The molecule has 0 heterocycles. The van der Waals surface area contributed by atoms with Crippen LogP contribution in [0.1, 0.15) is 37.8 Å². The number of rotatable bonds is 5. The maximum atomic E-state index is 12.6. The second-order valence-corrected chi connectivity index (χ2v) is 4.99. The number of hydrogen-bond acceptors (Lipinski definition) is 1. The molecule has 0 spiro atoms. The summed E-state index contributed by atoms with van der Waals surface area (Å²) in [4.78, 5) is 0. The molecule has 0 aliphatic rings. The van der Waals surface area contributed by atoms with Crippen LogP contribution in [0.5, 0.6) is 0 Å². The van der Waals surface area contributed by atoms with E-state index in [1.807, 2.05) is 6.92 Å². The summed E-state index contributed by atoms with van der Waals surface area (Å²) in [5.74, 6) is 0.620. The predicted molar refractivity (Wildman–Crippen MR) is 68.7 cm³/mol. The van der Waals surface area contributed by atoms with Gasteiger partial charge in [-0.15, -0.1) is 0 Å². The van der Waals surface area contributed by atoms with Gasteiger partial charge in [-0.2, -0.15) is 13.2 Å². The molecule has 0 unspecified atom stereocenters. The largest absolute Gasteiger partial charge is 0.416 e. The number of nitrogens with one attached hydrogen (secondary N) is 1. The Kier molecular flexibility index (Phi) is 5.05. The van der Waals surface area contributed by atoms with Gasteiger partial charge >= 0.3 is 6.18 Å². The summed E-state index contributed by atoms with van der Waals surface area (Å²) >= 11 is 0. The van der Waals surface area contributed by atoms with Gasteiger partial charge in [-0.25, -0.2) is 0 Å². The van der Waals surface area contributed by atoms with Crippen LogP contribution in [0.25, 0.3) is 0 Å². The molecule has 1 N–H and O–H groups in total. The quantitative estimate of drug-likeness (QED) is 0.744. The van der Waals surface area contributed by atoms with Gasteiger partial charge in [-0.05, 0) is 43.4 Å². The topological polar surface area (TPSA) is 12.0 Å². The Morgan fingerprint density at radius 1 is 1.22 bits per heavy atom. The molecule has 0 aliphatic carbocycles. The van der Waals surface area contributed by atoms with Gasteiger partial charge in [0.05, 0.1) is 5.56 Å². The highest BCUT2D eigenvalue weighted by molar-refractivity contribution is 5.53. The third kappa shape index (κ3) is 4.59. The van der Waals surface area contributed by atoms with Crippen molar-refractivity contribution in [1.82, 2.24) is 0 Å². The molecule has 0 aliphatic heterocycles. The fraction of sp³-hybridized carbons (Fsp3) is 0.571. The number of alkyl halides is 3. The molecule has 0 radical (unpaired) electrons. The summed E-state index contributed by atoms with van der Waals surface area (Å²) in [5, 5.41) is 3.08. The van der Waals surface area contributed by atoms with Gasteiger partial charge in [-0.3, -0.25) is 0 Å². The van der Waals surface area contributed by atoms with Crippen LogP contribution >= 0.6 is 0 Å². The van der Waals surface area contributed by atoms with Crippen LogP contribution in [0.4, 0.5) is 18.9 Å². The minimum Gasteiger partial charge on any atom is -0.385 e. The lowest BCUT2D eigenvalue weighted by Crippen LogP contribution is -2.08. The van der Waals surface area contributed by atoms with Gasteiger partial charge in [0.25, 0.3) is 0 Å². The van der Waals surface area contributed by atoms with E-state index in [-0.39, 0.29) is 0 Å². The highest BCUT2D eigenvalue weighted by Crippen LogP contribution is 2.32. The lowest BCUT2D eigenvalue weighted by molar-refractivity contribution is -0.137. The molecule has 0 fully saturated rings. The molecule has 0 saturated heterocycles. The highest BCUT2D eigenvalue weighted by atomic mass is 19.4. The average Bonchev–Trinajstić information content (AvgIpc) is 2.24. The monoisotopic (exact) mass is 259 g/mol. The van der Waals surface area contributed by atoms with Gasteiger partial charge < -0.3 is 5.32 Å². The van der Waals surface area contributed by atoms with Crippen LogP contribution in [-0.2, 0) is 6.18 Å². The Hall–Kier alpha value is -1.19. The van der Waals surface area contributed by atoms with Crippen LogP contribution in [0.2, 0.25) is 0 Å². The minimum absolute atomic E-state index is 0.577. The first-order valence-electron chi connectivity index (χ1n) is 6.22. The maximum absolute atomic E-state index is 12.6. The van der Waals surface area contributed by atoms with Gasteiger partial charge in [0.2, 0.25) is 0 Å². The molecule has 1 nitrogen and oxygen atoms in total. The fourth-order valence-corrected chi connectivity index (χ4v) is 1.72. The first-order valence-corrected chi connectivity index (χ1v) is 6.22. The number of aryl methyl sites for hydroxylation is 1. The van der Waals surface area contributed by atoms with Crippen LogP contribution in [0.15, 0.2) is 18.2 Å². The minimum atomic E-state index is -4.28. The molecule has 0 atom stereocenters. The number of halogens is 3. The van der Waals surface area contributed by atoms with Gasteiger partial charge in [-0.1, -0.05) is 19.9 Å². The van der Waals surface area contributed by atoms with E-state index in [9.17, 15) is 13.2 Å². The van der Waals surface area contributed by atoms with Crippen molar-refractivity contribution >= 4 is 5.69 Å². The summed E-state index contributed by atoms with van der Waals surface area (Å²) in [6.07, 6.45) is -2.24. The van der Waals surface area contributed by atoms with Crippen molar-refractivity contribution in [1.29, 1.82) is 0 Å². The Bertz CT molecular complexity index is 383. The van der Waals surface area contributed by atoms with E-state index in [0.29, 0.717) is 18.2 Å². The number of hydrogen-bond donors (Lipinski definition) is 1. The molecule has 0 saturated carbocycles. The smallest absolute Gasteiger partial charge is 0.385 e. The SMILES string of the molecule is Cc1ccc(C(F)(F)F)cc1NCCCC(C)C. The molecule has 102 valence electrons. The lowest BCUT2D eigenvalue weighted by atomic mass is 10.1. The second kappa shape index (κ2) is 6.12. The van der Waals surface area contributed by atoms with Crippen molar-refractivity contribution in [3.05, 3.63) is 29.3 Å². The standard InChI is InChI=1S/C14H20F3N/c1-10(2)5-4-8-18-13-9-12(14(15,16)17)7-6-11(13)3/h6-7,9-10,18H,4-5,8H2,1-3H3. The van der Waals surface area contributed by atoms with E-state index in [1.54, 1.807) is 0 Å². The summed E-state index contributed by atoms with van der Waals surface area (Å²) < 4.78 is 37.7. The van der Waals surface area contributed by atoms with Crippen molar-refractivity contribution in [2.24, 2.45) is 5.92 Å². The third-order valence-corrected chi connectivity index (χ3v) is 2.84. The average molecular weight is 259 g/mol. The Balaban J connectivity index is 2.64. The Morgan fingerprint density at radius 3 is 2.44 bits per heavy atom. The van der Waals surface area contributed by atoms with E-state index < -0.39 is 11.7 Å². The second-order valence-electron chi connectivity index (χ2n) is 4.99. The number of benzene rings is 1. The maximum Gasteiger partial charge on any atom is 0.416 e. The molecule has 0 amide bonds. The van der Waals surface area contributed by atoms with Crippen molar-refractivity contribution in [3.8, 4) is 0 Å². The molecule has 0 bridgehead atoms. The zero-order chi connectivity index (χ0) is 13.8.